The van der Waals surface area contributed by atoms with Crippen LogP contribution in [0.15, 0.2) is 30.3 Å². The van der Waals surface area contributed by atoms with Crippen LogP contribution in [-0.2, 0) is 0 Å². The third-order valence-corrected chi connectivity index (χ3v) is 2.71. The van der Waals surface area contributed by atoms with Gasteiger partial charge in [-0.05, 0) is 30.5 Å². The molecule has 0 radical (unpaired) electrons. The molecule has 0 aromatic heterocycles. The monoisotopic (exact) mass is 192 g/mol. The Morgan fingerprint density at radius 1 is 1.29 bits per heavy atom. The van der Waals surface area contributed by atoms with Crippen LogP contribution in [0.1, 0.15) is 18.4 Å². The molecule has 2 rings (SSSR count). The van der Waals surface area contributed by atoms with Crippen molar-refractivity contribution in [2.75, 3.05) is 6.61 Å². The molecule has 0 spiro atoms. The number of benzene rings is 1. The van der Waals surface area contributed by atoms with Crippen LogP contribution >= 0.6 is 0 Å². The summed E-state index contributed by atoms with van der Waals surface area (Å²) in [6, 6.07) is 6.36. The molecule has 0 amide bonds. The van der Waals surface area contributed by atoms with E-state index in [1.54, 1.807) is 12.1 Å². The fourth-order valence-electron chi connectivity index (χ4n) is 1.38. The predicted octanol–water partition coefficient (Wildman–Crippen LogP) is 2.61. The number of hydrogen-bond donors (Lipinski definition) is 1. The minimum atomic E-state index is -0.217. The van der Waals surface area contributed by atoms with Gasteiger partial charge in [0.2, 0.25) is 0 Å². The second kappa shape index (κ2) is 3.54. The van der Waals surface area contributed by atoms with Crippen molar-refractivity contribution in [3.05, 3.63) is 41.7 Å². The van der Waals surface area contributed by atoms with Crippen LogP contribution in [0.25, 0.3) is 6.08 Å². The average molecular weight is 192 g/mol. The summed E-state index contributed by atoms with van der Waals surface area (Å²) in [6.07, 6.45) is 6.09. The molecule has 0 unspecified atom stereocenters. The van der Waals surface area contributed by atoms with E-state index in [9.17, 15) is 4.39 Å². The van der Waals surface area contributed by atoms with E-state index >= 15 is 0 Å². The summed E-state index contributed by atoms with van der Waals surface area (Å²) in [5.74, 6) is -0.217. The van der Waals surface area contributed by atoms with Crippen LogP contribution in [0.4, 0.5) is 4.39 Å². The summed E-state index contributed by atoms with van der Waals surface area (Å²) >= 11 is 0. The lowest BCUT2D eigenvalue weighted by atomic mass is 10.1. The van der Waals surface area contributed by atoms with Gasteiger partial charge in [-0.2, -0.15) is 0 Å². The standard InChI is InChI=1S/C12H13FO/c13-11-3-1-10(2-4-11)5-6-12(9-14)7-8-12/h1-6,14H,7-9H2/b6-5+. The van der Waals surface area contributed by atoms with Crippen LogP contribution in [0.5, 0.6) is 0 Å². The molecule has 1 nitrogen and oxygen atoms in total. The summed E-state index contributed by atoms with van der Waals surface area (Å²) in [4.78, 5) is 0. The molecular weight excluding hydrogens is 179 g/mol. The summed E-state index contributed by atoms with van der Waals surface area (Å²) < 4.78 is 12.6. The highest BCUT2D eigenvalue weighted by atomic mass is 19.1. The van der Waals surface area contributed by atoms with Crippen LogP contribution in [-0.4, -0.2) is 11.7 Å². The quantitative estimate of drug-likeness (QED) is 0.780. The van der Waals surface area contributed by atoms with Crippen molar-refractivity contribution in [2.45, 2.75) is 12.8 Å². The number of aliphatic hydroxyl groups is 1. The lowest BCUT2D eigenvalue weighted by molar-refractivity contribution is 0.242. The molecule has 1 aliphatic carbocycles. The number of rotatable bonds is 3. The molecule has 0 aliphatic heterocycles. The van der Waals surface area contributed by atoms with Gasteiger partial charge in [0, 0.05) is 5.41 Å². The molecular formula is C12H13FO. The molecule has 0 atom stereocenters. The molecule has 1 N–H and O–H groups in total. The molecule has 1 fully saturated rings. The summed E-state index contributed by atoms with van der Waals surface area (Å²) in [5, 5.41) is 9.07. The van der Waals surface area contributed by atoms with Crippen molar-refractivity contribution >= 4 is 6.08 Å². The average Bonchev–Trinajstić information content (AvgIpc) is 2.98. The van der Waals surface area contributed by atoms with E-state index in [4.69, 9.17) is 5.11 Å². The van der Waals surface area contributed by atoms with Crippen LogP contribution < -0.4 is 0 Å². The lowest BCUT2D eigenvalue weighted by Gasteiger charge is -2.03. The molecule has 0 heterocycles. The van der Waals surface area contributed by atoms with Crippen molar-refractivity contribution in [3.63, 3.8) is 0 Å². The van der Waals surface area contributed by atoms with Gasteiger partial charge in [-0.25, -0.2) is 4.39 Å². The zero-order valence-electron chi connectivity index (χ0n) is 7.91. The first-order valence-electron chi connectivity index (χ1n) is 4.80. The maximum Gasteiger partial charge on any atom is 0.123 e. The molecule has 2 heteroatoms. The summed E-state index contributed by atoms with van der Waals surface area (Å²) in [7, 11) is 0. The fraction of sp³-hybridized carbons (Fsp3) is 0.333. The maximum absolute atomic E-state index is 12.6. The Labute approximate surface area is 82.9 Å². The number of hydrogen-bond acceptors (Lipinski definition) is 1. The van der Waals surface area contributed by atoms with Gasteiger partial charge < -0.3 is 5.11 Å². The minimum absolute atomic E-state index is 0.0222. The highest BCUT2D eigenvalue weighted by molar-refractivity contribution is 5.50. The van der Waals surface area contributed by atoms with Gasteiger partial charge in [0.15, 0.2) is 0 Å². The van der Waals surface area contributed by atoms with E-state index in [0.717, 1.165) is 18.4 Å². The van der Waals surface area contributed by atoms with Crippen molar-refractivity contribution < 1.29 is 9.50 Å². The van der Waals surface area contributed by atoms with Gasteiger partial charge in [-0.15, -0.1) is 0 Å². The highest BCUT2D eigenvalue weighted by Gasteiger charge is 2.38. The molecule has 14 heavy (non-hydrogen) atoms. The maximum atomic E-state index is 12.6. The Bertz CT molecular complexity index is 336. The molecule has 0 saturated heterocycles. The third-order valence-electron chi connectivity index (χ3n) is 2.71. The summed E-state index contributed by atoms with van der Waals surface area (Å²) in [6.45, 7) is 0.213. The molecule has 1 aromatic carbocycles. The van der Waals surface area contributed by atoms with Crippen molar-refractivity contribution in [1.82, 2.24) is 0 Å². The van der Waals surface area contributed by atoms with E-state index in [1.807, 2.05) is 12.2 Å². The zero-order valence-corrected chi connectivity index (χ0v) is 7.91. The van der Waals surface area contributed by atoms with Gasteiger partial charge in [-0.1, -0.05) is 24.3 Å². The van der Waals surface area contributed by atoms with E-state index in [1.165, 1.54) is 12.1 Å². The first kappa shape index (κ1) is 9.41. The first-order chi connectivity index (χ1) is 6.74. The van der Waals surface area contributed by atoms with E-state index in [-0.39, 0.29) is 17.8 Å². The van der Waals surface area contributed by atoms with E-state index < -0.39 is 0 Å². The Balaban J connectivity index is 2.07. The number of halogens is 1. The highest BCUT2D eigenvalue weighted by Crippen LogP contribution is 2.46. The van der Waals surface area contributed by atoms with E-state index in [0.29, 0.717) is 0 Å². The second-order valence-corrected chi connectivity index (χ2v) is 3.91. The van der Waals surface area contributed by atoms with Crippen LogP contribution in [0.3, 0.4) is 0 Å². The van der Waals surface area contributed by atoms with Gasteiger partial charge in [0.25, 0.3) is 0 Å². The fourth-order valence-corrected chi connectivity index (χ4v) is 1.38. The largest absolute Gasteiger partial charge is 0.395 e. The molecule has 1 aliphatic rings. The van der Waals surface area contributed by atoms with Crippen LogP contribution in [0, 0.1) is 11.2 Å². The van der Waals surface area contributed by atoms with Crippen molar-refractivity contribution in [3.8, 4) is 0 Å². The smallest absolute Gasteiger partial charge is 0.123 e. The summed E-state index contributed by atoms with van der Waals surface area (Å²) in [5.41, 5.74) is 1.00. The topological polar surface area (TPSA) is 20.2 Å². The Hall–Kier alpha value is -1.15. The van der Waals surface area contributed by atoms with Gasteiger partial charge >= 0.3 is 0 Å². The molecule has 0 bridgehead atoms. The van der Waals surface area contributed by atoms with Gasteiger partial charge in [0.05, 0.1) is 6.61 Å². The van der Waals surface area contributed by atoms with E-state index in [2.05, 4.69) is 0 Å². The van der Waals surface area contributed by atoms with Crippen molar-refractivity contribution in [1.29, 1.82) is 0 Å². The molecule has 1 aromatic rings. The van der Waals surface area contributed by atoms with Crippen LogP contribution in [0.2, 0.25) is 0 Å². The predicted molar refractivity (Wildman–Crippen MR) is 54.2 cm³/mol. The van der Waals surface area contributed by atoms with Gasteiger partial charge in [-0.3, -0.25) is 0 Å². The van der Waals surface area contributed by atoms with Crippen molar-refractivity contribution in [2.24, 2.45) is 5.41 Å². The minimum Gasteiger partial charge on any atom is -0.395 e. The Morgan fingerprint density at radius 3 is 2.43 bits per heavy atom. The normalized spacial score (nSPS) is 18.7. The lowest BCUT2D eigenvalue weighted by Crippen LogP contribution is -2.00. The molecule has 74 valence electrons. The Kier molecular flexibility index (Phi) is 2.38. The molecule has 1 saturated carbocycles. The SMILES string of the molecule is OCC1(/C=C/c2ccc(F)cc2)CC1. The number of aliphatic hydroxyl groups excluding tert-OH is 1. The Morgan fingerprint density at radius 2 is 1.93 bits per heavy atom. The second-order valence-electron chi connectivity index (χ2n) is 3.91. The van der Waals surface area contributed by atoms with Gasteiger partial charge in [0.1, 0.15) is 5.82 Å². The zero-order chi connectivity index (χ0) is 10.0. The third kappa shape index (κ3) is 2.02. The first-order valence-corrected chi connectivity index (χ1v) is 4.80.